The minimum Gasteiger partial charge on any atom is -0.756 e. The second-order valence-electron chi connectivity index (χ2n) is 1.52. The van der Waals surface area contributed by atoms with Crippen LogP contribution < -0.4 is 34.5 Å². The molecule has 0 N–H and O–H groups in total. The molecule has 0 aliphatic heterocycles. The summed E-state index contributed by atoms with van der Waals surface area (Å²) in [6.07, 6.45) is 0. The first-order valence-electron chi connectivity index (χ1n) is 2.35. The Kier molecular flexibility index (Phi) is 8.84. The maximum atomic E-state index is 10.5. The van der Waals surface area contributed by atoms with Crippen molar-refractivity contribution in [1.82, 2.24) is 0 Å². The Hall–Kier alpha value is 1.98. The van der Waals surface area contributed by atoms with Crippen LogP contribution in [-0.2, 0) is 13.6 Å². The van der Waals surface area contributed by atoms with Crippen LogP contribution in [0.3, 0.4) is 0 Å². The molecule has 0 amide bonds. The van der Waals surface area contributed by atoms with E-state index in [1.54, 1.807) is 0 Å². The SMILES string of the molecule is COP(=O)([O-])OCC(Cl)(Cl)Cl.[Na+]. The van der Waals surface area contributed by atoms with Gasteiger partial charge in [-0.05, 0) is 0 Å². The van der Waals surface area contributed by atoms with E-state index in [9.17, 15) is 9.46 Å². The fraction of sp³-hybridized carbons (Fsp3) is 1.00. The molecule has 0 aromatic rings. The van der Waals surface area contributed by atoms with E-state index >= 15 is 0 Å². The smallest absolute Gasteiger partial charge is 0.756 e. The Morgan fingerprint density at radius 2 is 1.92 bits per heavy atom. The molecule has 0 saturated heterocycles. The van der Waals surface area contributed by atoms with Gasteiger partial charge in [0, 0.05) is 7.11 Å². The predicted molar refractivity (Wildman–Crippen MR) is 40.9 cm³/mol. The summed E-state index contributed by atoms with van der Waals surface area (Å²) in [5.41, 5.74) is 0. The van der Waals surface area contributed by atoms with Crippen molar-refractivity contribution in [3.63, 3.8) is 0 Å². The number of rotatable bonds is 3. The summed E-state index contributed by atoms with van der Waals surface area (Å²) >= 11 is 15.6. The zero-order chi connectivity index (χ0) is 9.12. The number of alkyl halides is 3. The molecule has 0 aliphatic carbocycles. The van der Waals surface area contributed by atoms with Gasteiger partial charge in [-0.2, -0.15) is 0 Å². The standard InChI is InChI=1S/C3H6Cl3O4P.Na/c1-9-11(7,8)10-2-3(4,5)6;/h2H2,1H3,(H,7,8);/q;+1/p-1. The molecule has 0 heterocycles. The van der Waals surface area contributed by atoms with Crippen LogP contribution in [0.4, 0.5) is 0 Å². The van der Waals surface area contributed by atoms with E-state index < -0.39 is 18.2 Å². The topological polar surface area (TPSA) is 58.6 Å². The van der Waals surface area contributed by atoms with Gasteiger partial charge < -0.3 is 13.9 Å². The number of hydrogen-bond donors (Lipinski definition) is 0. The minimum absolute atomic E-state index is 0. The van der Waals surface area contributed by atoms with Crippen LogP contribution in [0.2, 0.25) is 0 Å². The van der Waals surface area contributed by atoms with Crippen LogP contribution in [0.1, 0.15) is 0 Å². The summed E-state index contributed by atoms with van der Waals surface area (Å²) in [5.74, 6) is 0. The van der Waals surface area contributed by atoms with Crippen LogP contribution >= 0.6 is 42.6 Å². The van der Waals surface area contributed by atoms with E-state index in [0.29, 0.717) is 0 Å². The third-order valence-corrected chi connectivity index (χ3v) is 1.83. The van der Waals surface area contributed by atoms with Crippen molar-refractivity contribution in [2.45, 2.75) is 3.79 Å². The molecule has 12 heavy (non-hydrogen) atoms. The third kappa shape index (κ3) is 10.1. The number of hydrogen-bond acceptors (Lipinski definition) is 4. The van der Waals surface area contributed by atoms with Gasteiger partial charge in [-0.1, -0.05) is 34.8 Å². The Labute approximate surface area is 107 Å². The molecule has 0 bridgehead atoms. The number of phosphoric acid groups is 1. The van der Waals surface area contributed by atoms with Crippen molar-refractivity contribution in [2.75, 3.05) is 13.7 Å². The molecule has 4 nitrogen and oxygen atoms in total. The largest absolute Gasteiger partial charge is 1.00 e. The zero-order valence-corrected chi connectivity index (χ0v) is 11.6. The first-order chi connectivity index (χ1) is 4.77. The van der Waals surface area contributed by atoms with Crippen LogP contribution in [0.5, 0.6) is 0 Å². The van der Waals surface area contributed by atoms with Crippen molar-refractivity contribution in [1.29, 1.82) is 0 Å². The maximum absolute atomic E-state index is 10.5. The third-order valence-electron chi connectivity index (χ3n) is 0.610. The molecule has 68 valence electrons. The Bertz CT molecular complexity index is 171. The molecule has 0 saturated carbocycles. The van der Waals surface area contributed by atoms with Crippen molar-refractivity contribution in [2.24, 2.45) is 0 Å². The van der Waals surface area contributed by atoms with Crippen molar-refractivity contribution in [3.05, 3.63) is 0 Å². The molecule has 0 fully saturated rings. The maximum Gasteiger partial charge on any atom is 1.00 e. The van der Waals surface area contributed by atoms with Crippen molar-refractivity contribution < 1.29 is 48.1 Å². The summed E-state index contributed by atoms with van der Waals surface area (Å²) < 4.78 is 16.8. The quantitative estimate of drug-likeness (QED) is 0.354. The van der Waals surface area contributed by atoms with Gasteiger partial charge in [-0.3, -0.25) is 4.57 Å². The first-order valence-corrected chi connectivity index (χ1v) is 4.94. The van der Waals surface area contributed by atoms with Crippen LogP contribution in [0.15, 0.2) is 0 Å². The Morgan fingerprint density at radius 1 is 1.50 bits per heavy atom. The van der Waals surface area contributed by atoms with E-state index in [2.05, 4.69) is 9.05 Å². The average molecular weight is 265 g/mol. The molecule has 0 spiro atoms. The van der Waals surface area contributed by atoms with E-state index in [-0.39, 0.29) is 29.6 Å². The zero-order valence-electron chi connectivity index (χ0n) is 6.42. The Morgan fingerprint density at radius 3 is 2.17 bits per heavy atom. The van der Waals surface area contributed by atoms with Crippen LogP contribution in [-0.4, -0.2) is 17.5 Å². The molecule has 1 unspecified atom stereocenters. The summed E-state index contributed by atoms with van der Waals surface area (Å²) in [7, 11) is -3.32. The van der Waals surface area contributed by atoms with Gasteiger partial charge in [-0.15, -0.1) is 0 Å². The minimum atomic E-state index is -4.27. The molecular weight excluding hydrogens is 260 g/mol. The van der Waals surface area contributed by atoms with Gasteiger partial charge in [0.05, 0.1) is 0 Å². The fourth-order valence-corrected chi connectivity index (χ4v) is 1.05. The molecule has 0 aromatic heterocycles. The molecule has 0 rings (SSSR count). The Balaban J connectivity index is 0. The second-order valence-corrected chi connectivity index (χ2v) is 5.55. The summed E-state index contributed by atoms with van der Waals surface area (Å²) in [6.45, 7) is -0.563. The number of halogens is 3. The van der Waals surface area contributed by atoms with Crippen LogP contribution in [0, 0.1) is 0 Å². The molecule has 0 aromatic carbocycles. The summed E-state index contributed by atoms with van der Waals surface area (Å²) in [4.78, 5) is 10.5. The first kappa shape index (κ1) is 16.4. The van der Waals surface area contributed by atoms with Gasteiger partial charge in [0.2, 0.25) is 3.79 Å². The molecule has 1 atom stereocenters. The van der Waals surface area contributed by atoms with Gasteiger partial charge in [0.15, 0.2) is 0 Å². The number of phosphoric ester groups is 1. The molecule has 0 radical (unpaired) electrons. The summed E-state index contributed by atoms with van der Waals surface area (Å²) in [5, 5.41) is 0. The van der Waals surface area contributed by atoms with Crippen LogP contribution in [0.25, 0.3) is 0 Å². The molecule has 0 aliphatic rings. The van der Waals surface area contributed by atoms with Gasteiger partial charge >= 0.3 is 29.6 Å². The van der Waals surface area contributed by atoms with Crippen molar-refractivity contribution in [3.8, 4) is 0 Å². The summed E-state index contributed by atoms with van der Waals surface area (Å²) in [6, 6.07) is 0. The van der Waals surface area contributed by atoms with E-state index in [4.69, 9.17) is 34.8 Å². The van der Waals surface area contributed by atoms with E-state index in [1.807, 2.05) is 0 Å². The fourth-order valence-electron chi connectivity index (χ4n) is 0.205. The second kappa shape index (κ2) is 6.46. The van der Waals surface area contributed by atoms with Gasteiger partial charge in [-0.25, -0.2) is 0 Å². The molecule has 9 heteroatoms. The van der Waals surface area contributed by atoms with E-state index in [0.717, 1.165) is 7.11 Å². The average Bonchev–Trinajstić information content (AvgIpc) is 1.83. The molecular formula is C3H5Cl3NaO4P. The van der Waals surface area contributed by atoms with Crippen molar-refractivity contribution >= 4 is 42.6 Å². The van der Waals surface area contributed by atoms with E-state index in [1.165, 1.54) is 0 Å². The normalized spacial score (nSPS) is 16.4. The monoisotopic (exact) mass is 264 g/mol. The van der Waals surface area contributed by atoms with Gasteiger partial charge in [0.1, 0.15) is 6.61 Å². The van der Waals surface area contributed by atoms with Gasteiger partial charge in [0.25, 0.3) is 7.82 Å². The predicted octanol–water partition coefficient (Wildman–Crippen LogP) is -1.51.